The average molecular weight is 303 g/mol. The molecule has 2 rings (SSSR count). The molecule has 110 valence electrons. The smallest absolute Gasteiger partial charge is 0.252 e. The normalized spacial score (nSPS) is 12.2. The molecule has 0 fully saturated rings. The van der Waals surface area contributed by atoms with Gasteiger partial charge in [-0.15, -0.1) is 0 Å². The van der Waals surface area contributed by atoms with Crippen LogP contribution in [0.5, 0.6) is 0 Å². The van der Waals surface area contributed by atoms with E-state index >= 15 is 0 Å². The van der Waals surface area contributed by atoms with E-state index in [9.17, 15) is 4.79 Å². The van der Waals surface area contributed by atoms with E-state index in [0.29, 0.717) is 17.1 Å². The van der Waals surface area contributed by atoms with Crippen molar-refractivity contribution < 1.29 is 4.79 Å². The molecule has 3 nitrogen and oxygen atoms in total. The largest absolute Gasteiger partial charge is 0.350 e. The van der Waals surface area contributed by atoms with Crippen molar-refractivity contribution in [1.29, 1.82) is 0 Å². The number of halogens is 1. The van der Waals surface area contributed by atoms with Crippen molar-refractivity contribution in [2.45, 2.75) is 6.04 Å². The lowest BCUT2D eigenvalue weighted by atomic mass is 10.1. The van der Waals surface area contributed by atoms with Crippen LogP contribution in [0.1, 0.15) is 22.0 Å². The summed E-state index contributed by atoms with van der Waals surface area (Å²) < 4.78 is 0. The lowest BCUT2D eigenvalue weighted by Crippen LogP contribution is -2.34. The zero-order valence-corrected chi connectivity index (χ0v) is 13.0. The van der Waals surface area contributed by atoms with Gasteiger partial charge < -0.3 is 10.2 Å². The van der Waals surface area contributed by atoms with Crippen molar-refractivity contribution in [1.82, 2.24) is 10.2 Å². The number of amides is 1. The first-order chi connectivity index (χ1) is 10.1. The maximum absolute atomic E-state index is 12.2. The Morgan fingerprint density at radius 1 is 1.10 bits per heavy atom. The molecule has 1 unspecified atom stereocenters. The summed E-state index contributed by atoms with van der Waals surface area (Å²) >= 11 is 6.04. The summed E-state index contributed by atoms with van der Waals surface area (Å²) in [5, 5.41) is 3.42. The van der Waals surface area contributed by atoms with Crippen LogP contribution in [0, 0.1) is 0 Å². The molecule has 0 bridgehead atoms. The Morgan fingerprint density at radius 2 is 1.71 bits per heavy atom. The Balaban J connectivity index is 2.06. The van der Waals surface area contributed by atoms with Crippen LogP contribution < -0.4 is 5.32 Å². The molecule has 0 heterocycles. The highest BCUT2D eigenvalue weighted by molar-refractivity contribution is 6.33. The molecule has 0 aliphatic rings. The Bertz CT molecular complexity index is 599. The highest BCUT2D eigenvalue weighted by Gasteiger charge is 2.16. The minimum absolute atomic E-state index is 0.123. The molecule has 1 N–H and O–H groups in total. The van der Waals surface area contributed by atoms with Crippen molar-refractivity contribution in [3.05, 3.63) is 70.7 Å². The van der Waals surface area contributed by atoms with E-state index in [2.05, 4.69) is 22.3 Å². The van der Waals surface area contributed by atoms with Crippen LogP contribution in [0.15, 0.2) is 54.6 Å². The molecular weight excluding hydrogens is 284 g/mol. The number of likely N-dealkylation sites (N-methyl/N-ethyl adjacent to an activating group) is 1. The zero-order valence-electron chi connectivity index (χ0n) is 12.2. The van der Waals surface area contributed by atoms with Crippen LogP contribution in [-0.2, 0) is 0 Å². The molecule has 0 saturated heterocycles. The predicted molar refractivity (Wildman–Crippen MR) is 86.7 cm³/mol. The molecule has 2 aromatic rings. The van der Waals surface area contributed by atoms with Gasteiger partial charge in [-0.25, -0.2) is 0 Å². The molecule has 0 spiro atoms. The number of hydrogen-bond acceptors (Lipinski definition) is 2. The minimum atomic E-state index is -0.150. The number of benzene rings is 2. The molecule has 0 aliphatic heterocycles. The van der Waals surface area contributed by atoms with E-state index in [-0.39, 0.29) is 11.9 Å². The van der Waals surface area contributed by atoms with Crippen molar-refractivity contribution in [2.24, 2.45) is 0 Å². The number of nitrogens with one attached hydrogen (secondary N) is 1. The van der Waals surface area contributed by atoms with Gasteiger partial charge in [0.15, 0.2) is 0 Å². The fraction of sp³-hybridized carbons (Fsp3) is 0.235. The van der Waals surface area contributed by atoms with Crippen molar-refractivity contribution in [3.8, 4) is 0 Å². The summed E-state index contributed by atoms with van der Waals surface area (Å²) in [6, 6.07) is 17.3. The second-order valence-corrected chi connectivity index (χ2v) is 5.49. The number of nitrogens with zero attached hydrogens (tertiary/aromatic N) is 1. The van der Waals surface area contributed by atoms with Gasteiger partial charge in [0, 0.05) is 6.54 Å². The lowest BCUT2D eigenvalue weighted by molar-refractivity contribution is 0.0942. The zero-order chi connectivity index (χ0) is 15.2. The summed E-state index contributed by atoms with van der Waals surface area (Å²) in [6.07, 6.45) is 0. The monoisotopic (exact) mass is 302 g/mol. The molecule has 0 radical (unpaired) electrons. The Morgan fingerprint density at radius 3 is 2.33 bits per heavy atom. The standard InChI is InChI=1S/C17H19ClN2O/c1-20(2)16(13-8-4-3-5-9-13)12-19-17(21)14-10-6-7-11-15(14)18/h3-11,16H,12H2,1-2H3,(H,19,21). The molecule has 4 heteroatoms. The summed E-state index contributed by atoms with van der Waals surface area (Å²) in [4.78, 5) is 14.3. The maximum Gasteiger partial charge on any atom is 0.252 e. The Hall–Kier alpha value is -1.84. The van der Waals surface area contributed by atoms with Crippen LogP contribution in [-0.4, -0.2) is 31.4 Å². The second-order valence-electron chi connectivity index (χ2n) is 5.08. The van der Waals surface area contributed by atoms with E-state index in [1.165, 1.54) is 5.56 Å². The Labute approximate surface area is 130 Å². The van der Waals surface area contributed by atoms with Crippen LogP contribution in [0.2, 0.25) is 5.02 Å². The van der Waals surface area contributed by atoms with Crippen molar-refractivity contribution >= 4 is 17.5 Å². The van der Waals surface area contributed by atoms with E-state index in [0.717, 1.165) is 0 Å². The fourth-order valence-electron chi connectivity index (χ4n) is 2.20. The number of carbonyl (C=O) groups is 1. The van der Waals surface area contributed by atoms with Crippen LogP contribution >= 0.6 is 11.6 Å². The van der Waals surface area contributed by atoms with Crippen LogP contribution in [0.4, 0.5) is 0 Å². The summed E-state index contributed by atoms with van der Waals surface area (Å²) in [6.45, 7) is 0.529. The summed E-state index contributed by atoms with van der Waals surface area (Å²) in [5.74, 6) is -0.150. The molecular formula is C17H19ClN2O. The third-order valence-corrected chi connectivity index (χ3v) is 3.71. The van der Waals surface area contributed by atoms with Crippen LogP contribution in [0.25, 0.3) is 0 Å². The van der Waals surface area contributed by atoms with Crippen molar-refractivity contribution in [3.63, 3.8) is 0 Å². The summed E-state index contributed by atoms with van der Waals surface area (Å²) in [5.41, 5.74) is 1.67. The first-order valence-corrected chi connectivity index (χ1v) is 7.21. The van der Waals surface area contributed by atoms with Crippen molar-refractivity contribution in [2.75, 3.05) is 20.6 Å². The third kappa shape index (κ3) is 4.06. The molecule has 0 aromatic heterocycles. The Kier molecular flexibility index (Phi) is 5.37. The molecule has 1 atom stereocenters. The minimum Gasteiger partial charge on any atom is -0.350 e. The molecule has 2 aromatic carbocycles. The van der Waals surface area contributed by atoms with E-state index < -0.39 is 0 Å². The summed E-state index contributed by atoms with van der Waals surface area (Å²) in [7, 11) is 4.00. The first kappa shape index (κ1) is 15.5. The van der Waals surface area contributed by atoms with Gasteiger partial charge in [0.2, 0.25) is 0 Å². The van der Waals surface area contributed by atoms with Crippen LogP contribution in [0.3, 0.4) is 0 Å². The fourth-order valence-corrected chi connectivity index (χ4v) is 2.43. The first-order valence-electron chi connectivity index (χ1n) is 6.83. The highest BCUT2D eigenvalue weighted by atomic mass is 35.5. The van der Waals surface area contributed by atoms with Gasteiger partial charge in [-0.2, -0.15) is 0 Å². The van der Waals surface area contributed by atoms with Gasteiger partial charge in [0.25, 0.3) is 5.91 Å². The predicted octanol–water partition coefficient (Wildman–Crippen LogP) is 3.37. The van der Waals surface area contributed by atoms with Gasteiger partial charge >= 0.3 is 0 Å². The second kappa shape index (κ2) is 7.25. The third-order valence-electron chi connectivity index (χ3n) is 3.38. The highest BCUT2D eigenvalue weighted by Crippen LogP contribution is 2.18. The number of rotatable bonds is 5. The van der Waals surface area contributed by atoms with Gasteiger partial charge in [-0.1, -0.05) is 54.1 Å². The van der Waals surface area contributed by atoms with Gasteiger partial charge in [-0.3, -0.25) is 4.79 Å². The number of carbonyl (C=O) groups excluding carboxylic acids is 1. The number of hydrogen-bond donors (Lipinski definition) is 1. The lowest BCUT2D eigenvalue weighted by Gasteiger charge is -2.25. The van der Waals surface area contributed by atoms with Gasteiger partial charge in [0.1, 0.15) is 0 Å². The van der Waals surface area contributed by atoms with Gasteiger partial charge in [-0.05, 0) is 31.8 Å². The van der Waals surface area contributed by atoms with E-state index in [1.54, 1.807) is 18.2 Å². The quantitative estimate of drug-likeness (QED) is 0.918. The molecule has 0 aliphatic carbocycles. The van der Waals surface area contributed by atoms with Gasteiger partial charge in [0.05, 0.1) is 16.6 Å². The van der Waals surface area contributed by atoms with E-state index in [1.807, 2.05) is 38.4 Å². The SMILES string of the molecule is CN(C)C(CNC(=O)c1ccccc1Cl)c1ccccc1. The topological polar surface area (TPSA) is 32.3 Å². The molecule has 1 amide bonds. The average Bonchev–Trinajstić information content (AvgIpc) is 2.48. The molecule has 0 saturated carbocycles. The van der Waals surface area contributed by atoms with E-state index in [4.69, 9.17) is 11.6 Å². The molecule has 21 heavy (non-hydrogen) atoms. The maximum atomic E-state index is 12.2.